The van der Waals surface area contributed by atoms with Gasteiger partial charge in [0, 0.05) is 17.9 Å². The Bertz CT molecular complexity index is 839. The molecule has 1 heterocycles. The predicted molar refractivity (Wildman–Crippen MR) is 108 cm³/mol. The third-order valence-corrected chi connectivity index (χ3v) is 5.57. The molecule has 0 saturated carbocycles. The van der Waals surface area contributed by atoms with E-state index < -0.39 is 6.04 Å². The van der Waals surface area contributed by atoms with E-state index in [-0.39, 0.29) is 17.8 Å². The van der Waals surface area contributed by atoms with Crippen molar-refractivity contribution in [2.45, 2.75) is 12.5 Å². The number of methoxy groups -OCH3 is 1. The van der Waals surface area contributed by atoms with E-state index in [1.807, 2.05) is 30.3 Å². The molecule has 1 aliphatic rings. The molecule has 6 nitrogen and oxygen atoms in total. The number of hydrogen-bond donors (Lipinski definition) is 1. The van der Waals surface area contributed by atoms with Crippen molar-refractivity contribution in [3.05, 3.63) is 71.3 Å². The van der Waals surface area contributed by atoms with Gasteiger partial charge >= 0.3 is 5.97 Å². The summed E-state index contributed by atoms with van der Waals surface area (Å²) in [6, 6.07) is 15.7. The number of nitrogens with zero attached hydrogens (tertiary/aromatic N) is 1. The molecule has 0 spiro atoms. The fourth-order valence-electron chi connectivity index (χ4n) is 2.98. The van der Waals surface area contributed by atoms with Gasteiger partial charge in [0.05, 0.1) is 18.6 Å². The zero-order chi connectivity index (χ0) is 19.9. The SMILES string of the molecule is COC(=O)c1ccc(CCNC(=O)C2CSCN2C(=O)c2ccccc2)cc1. The van der Waals surface area contributed by atoms with Crippen LogP contribution in [-0.2, 0) is 16.0 Å². The molecule has 3 rings (SSSR count). The number of carbonyl (C=O) groups is 3. The fourth-order valence-corrected chi connectivity index (χ4v) is 4.13. The molecule has 0 bridgehead atoms. The third kappa shape index (κ3) is 4.72. The Hall–Kier alpha value is -2.80. The number of amides is 2. The van der Waals surface area contributed by atoms with Crippen molar-refractivity contribution in [3.63, 3.8) is 0 Å². The maximum absolute atomic E-state index is 12.7. The van der Waals surface area contributed by atoms with Gasteiger partial charge in [-0.1, -0.05) is 30.3 Å². The maximum Gasteiger partial charge on any atom is 0.337 e. The van der Waals surface area contributed by atoms with E-state index >= 15 is 0 Å². The quantitative estimate of drug-likeness (QED) is 0.756. The van der Waals surface area contributed by atoms with Crippen molar-refractivity contribution in [2.24, 2.45) is 0 Å². The number of esters is 1. The second kappa shape index (κ2) is 9.41. The highest BCUT2D eigenvalue weighted by molar-refractivity contribution is 7.99. The summed E-state index contributed by atoms with van der Waals surface area (Å²) in [5.41, 5.74) is 2.09. The van der Waals surface area contributed by atoms with Crippen molar-refractivity contribution in [1.29, 1.82) is 0 Å². The molecule has 2 amide bonds. The molecule has 1 unspecified atom stereocenters. The van der Waals surface area contributed by atoms with Crippen molar-refractivity contribution >= 4 is 29.5 Å². The number of thioether (sulfide) groups is 1. The number of nitrogens with one attached hydrogen (secondary N) is 1. The lowest BCUT2D eigenvalue weighted by Gasteiger charge is -2.23. The van der Waals surface area contributed by atoms with Crippen LogP contribution < -0.4 is 5.32 Å². The molecule has 1 atom stereocenters. The first-order valence-corrected chi connectivity index (χ1v) is 10.1. The van der Waals surface area contributed by atoms with Gasteiger partial charge in [-0.15, -0.1) is 11.8 Å². The summed E-state index contributed by atoms with van der Waals surface area (Å²) in [5.74, 6) is 0.477. The van der Waals surface area contributed by atoms with Crippen molar-refractivity contribution in [3.8, 4) is 0 Å². The van der Waals surface area contributed by atoms with E-state index in [0.29, 0.717) is 35.7 Å². The molecule has 0 aromatic heterocycles. The first-order valence-electron chi connectivity index (χ1n) is 8.99. The van der Waals surface area contributed by atoms with E-state index in [1.54, 1.807) is 40.9 Å². The van der Waals surface area contributed by atoms with Gasteiger partial charge in [0.25, 0.3) is 5.91 Å². The normalized spacial score (nSPS) is 15.9. The molecule has 2 aromatic carbocycles. The highest BCUT2D eigenvalue weighted by atomic mass is 32.2. The number of rotatable bonds is 6. The van der Waals surface area contributed by atoms with Gasteiger partial charge in [-0.2, -0.15) is 0 Å². The molecule has 1 saturated heterocycles. The Balaban J connectivity index is 1.52. The maximum atomic E-state index is 12.7. The van der Waals surface area contributed by atoms with Crippen molar-refractivity contribution in [1.82, 2.24) is 10.2 Å². The zero-order valence-electron chi connectivity index (χ0n) is 15.6. The van der Waals surface area contributed by atoms with Gasteiger partial charge in [0.1, 0.15) is 6.04 Å². The Morgan fingerprint density at radius 3 is 2.46 bits per heavy atom. The fraction of sp³-hybridized carbons (Fsp3) is 0.286. The highest BCUT2D eigenvalue weighted by Gasteiger charge is 2.34. The molecule has 1 N–H and O–H groups in total. The summed E-state index contributed by atoms with van der Waals surface area (Å²) in [6.07, 6.45) is 0.639. The summed E-state index contributed by atoms with van der Waals surface area (Å²) >= 11 is 1.58. The average Bonchev–Trinajstić information content (AvgIpc) is 3.23. The Kier molecular flexibility index (Phi) is 6.71. The van der Waals surface area contributed by atoms with Crippen LogP contribution in [0, 0.1) is 0 Å². The zero-order valence-corrected chi connectivity index (χ0v) is 16.4. The Morgan fingerprint density at radius 2 is 1.79 bits per heavy atom. The first kappa shape index (κ1) is 19.9. The number of benzene rings is 2. The van der Waals surface area contributed by atoms with Crippen LogP contribution in [-0.4, -0.2) is 54.0 Å². The van der Waals surface area contributed by atoms with E-state index in [4.69, 9.17) is 0 Å². The van der Waals surface area contributed by atoms with E-state index in [1.165, 1.54) is 7.11 Å². The van der Waals surface area contributed by atoms with Gasteiger partial charge in [0.15, 0.2) is 0 Å². The van der Waals surface area contributed by atoms with Gasteiger partial charge in [0.2, 0.25) is 5.91 Å². The molecule has 1 aliphatic heterocycles. The second-order valence-electron chi connectivity index (χ2n) is 6.39. The molecule has 28 heavy (non-hydrogen) atoms. The number of carbonyl (C=O) groups excluding carboxylic acids is 3. The topological polar surface area (TPSA) is 75.7 Å². The van der Waals surface area contributed by atoms with Crippen LogP contribution in [0.25, 0.3) is 0 Å². The van der Waals surface area contributed by atoms with Crippen LogP contribution in [0.4, 0.5) is 0 Å². The lowest BCUT2D eigenvalue weighted by Crippen LogP contribution is -2.47. The first-order chi connectivity index (χ1) is 13.6. The minimum absolute atomic E-state index is 0.121. The second-order valence-corrected chi connectivity index (χ2v) is 7.39. The summed E-state index contributed by atoms with van der Waals surface area (Å²) in [5, 5.41) is 2.92. The monoisotopic (exact) mass is 398 g/mol. The van der Waals surface area contributed by atoms with E-state index in [0.717, 1.165) is 5.56 Å². The summed E-state index contributed by atoms with van der Waals surface area (Å²) in [4.78, 5) is 38.3. The van der Waals surface area contributed by atoms with Gasteiger partial charge < -0.3 is 15.0 Å². The van der Waals surface area contributed by atoms with Crippen LogP contribution in [0.15, 0.2) is 54.6 Å². The smallest absolute Gasteiger partial charge is 0.337 e. The van der Waals surface area contributed by atoms with E-state index in [2.05, 4.69) is 10.1 Å². The van der Waals surface area contributed by atoms with Crippen molar-refractivity contribution in [2.75, 3.05) is 25.3 Å². The average molecular weight is 398 g/mol. The molecule has 7 heteroatoms. The Labute approximate surface area is 168 Å². The summed E-state index contributed by atoms with van der Waals surface area (Å²) in [7, 11) is 1.35. The van der Waals surface area contributed by atoms with E-state index in [9.17, 15) is 14.4 Å². The number of ether oxygens (including phenoxy) is 1. The largest absolute Gasteiger partial charge is 0.465 e. The van der Waals surface area contributed by atoms with Gasteiger partial charge in [-0.25, -0.2) is 4.79 Å². The van der Waals surface area contributed by atoms with Crippen LogP contribution in [0.5, 0.6) is 0 Å². The molecular weight excluding hydrogens is 376 g/mol. The van der Waals surface area contributed by atoms with Crippen LogP contribution in [0.3, 0.4) is 0 Å². The molecule has 2 aromatic rings. The lowest BCUT2D eigenvalue weighted by atomic mass is 10.1. The molecular formula is C21H22N2O4S. The standard InChI is InChI=1S/C21H22N2O4S/c1-27-21(26)17-9-7-15(8-10-17)11-12-22-19(24)18-13-28-14-23(18)20(25)16-5-3-2-4-6-16/h2-10,18H,11-14H2,1H3,(H,22,24). The highest BCUT2D eigenvalue weighted by Crippen LogP contribution is 2.23. The molecule has 0 aliphatic carbocycles. The van der Waals surface area contributed by atoms with Crippen LogP contribution >= 0.6 is 11.8 Å². The van der Waals surface area contributed by atoms with Crippen LogP contribution in [0.2, 0.25) is 0 Å². The van der Waals surface area contributed by atoms with Gasteiger partial charge in [-0.05, 0) is 36.2 Å². The molecule has 0 radical (unpaired) electrons. The lowest BCUT2D eigenvalue weighted by molar-refractivity contribution is -0.124. The summed E-state index contributed by atoms with van der Waals surface area (Å²) < 4.78 is 4.68. The molecule has 146 valence electrons. The predicted octanol–water partition coefficient (Wildman–Crippen LogP) is 2.35. The van der Waals surface area contributed by atoms with Crippen molar-refractivity contribution < 1.29 is 19.1 Å². The van der Waals surface area contributed by atoms with Crippen LogP contribution in [0.1, 0.15) is 26.3 Å². The minimum Gasteiger partial charge on any atom is -0.465 e. The minimum atomic E-state index is -0.459. The number of hydrogen-bond acceptors (Lipinski definition) is 5. The molecule has 1 fully saturated rings. The van der Waals surface area contributed by atoms with Gasteiger partial charge in [-0.3, -0.25) is 9.59 Å². The third-order valence-electron chi connectivity index (χ3n) is 4.55. The summed E-state index contributed by atoms with van der Waals surface area (Å²) in [6.45, 7) is 0.463. The Morgan fingerprint density at radius 1 is 1.07 bits per heavy atom.